The third kappa shape index (κ3) is 12.9. The van der Waals surface area contributed by atoms with Crippen LogP contribution in [-0.4, -0.2) is 62.2 Å². The van der Waals surface area contributed by atoms with Crippen molar-refractivity contribution in [2.45, 2.75) is 89.3 Å². The molecule has 0 unspecified atom stereocenters. The fourth-order valence-electron chi connectivity index (χ4n) is 7.53. The molecule has 2 fully saturated rings. The summed E-state index contributed by atoms with van der Waals surface area (Å²) in [5.74, 6) is 0. The van der Waals surface area contributed by atoms with E-state index < -0.39 is 19.8 Å². The minimum Gasteiger partial charge on any atom is -0.00281 e. The summed E-state index contributed by atoms with van der Waals surface area (Å²) in [7, 11) is 0. The van der Waals surface area contributed by atoms with Crippen LogP contribution in [0.4, 0.5) is 21.0 Å². The molecule has 2 aliphatic rings. The van der Waals surface area contributed by atoms with Crippen LogP contribution in [-0.2, 0) is 9.47 Å². The third-order valence-electron chi connectivity index (χ3n) is 10.6. The number of halogens is 1. The molecule has 0 bridgehead atoms. The molecule has 2 saturated heterocycles. The molecule has 0 aromatic heterocycles. The molecule has 0 saturated carbocycles. The maximum atomic E-state index is 12.8. The van der Waals surface area contributed by atoms with E-state index in [0.717, 1.165) is 78.9 Å². The average Bonchev–Trinajstić information content (AvgIpc) is 3.21. The van der Waals surface area contributed by atoms with Crippen LogP contribution in [0.3, 0.4) is 0 Å². The van der Waals surface area contributed by atoms with Crippen molar-refractivity contribution in [3.8, 4) is 22.3 Å². The van der Waals surface area contributed by atoms with Gasteiger partial charge in [0.2, 0.25) is 0 Å². The topological polar surface area (TPSA) is 79.9 Å². The quantitative estimate of drug-likeness (QED) is 0.0629. The summed E-state index contributed by atoms with van der Waals surface area (Å²) in [4.78, 5) is 28.0. The van der Waals surface area contributed by atoms with E-state index in [1.165, 1.54) is 64.6 Å². The molecule has 54 heavy (non-hydrogen) atoms. The second-order valence-electron chi connectivity index (χ2n) is 14.6. The van der Waals surface area contributed by atoms with Gasteiger partial charge in [0, 0.05) is 5.56 Å². The first-order valence-electron chi connectivity index (χ1n) is 20.1. The van der Waals surface area contributed by atoms with Gasteiger partial charge in [-0.25, -0.2) is 4.79 Å². The van der Waals surface area contributed by atoms with E-state index in [9.17, 15) is 9.59 Å². The number of anilines is 2. The van der Waals surface area contributed by atoms with Gasteiger partial charge >= 0.3 is 226 Å². The number of carbonyl (C=O) groups is 2. The predicted octanol–water partition coefficient (Wildman–Crippen LogP) is 12.1. The van der Waals surface area contributed by atoms with E-state index in [1.54, 1.807) is 0 Å². The number of amides is 2. The Kier molecular flexibility index (Phi) is 16.1. The van der Waals surface area contributed by atoms with E-state index in [1.807, 2.05) is 84.9 Å². The number of unbranched alkanes of at least 4 members (excludes halogenated alkanes) is 7. The molecule has 0 atom stereocenters. The van der Waals surface area contributed by atoms with Crippen molar-refractivity contribution in [1.29, 1.82) is 0 Å². The summed E-state index contributed by atoms with van der Waals surface area (Å²) in [5.41, 5.74) is 5.73. The van der Waals surface area contributed by atoms with E-state index in [0.29, 0.717) is 0 Å². The number of likely N-dealkylation sites (tertiary alicyclic amines) is 1. The van der Waals surface area contributed by atoms with E-state index >= 15 is 0 Å². The van der Waals surface area contributed by atoms with Crippen LogP contribution in [0.1, 0.15) is 77.0 Å². The molecule has 0 aliphatic carbocycles. The van der Waals surface area contributed by atoms with Crippen molar-refractivity contribution in [1.82, 2.24) is 4.90 Å². The molecular weight excluding hydrogens is 785 g/mol. The predicted molar refractivity (Wildman–Crippen MR) is 232 cm³/mol. The Morgan fingerprint density at radius 2 is 0.963 bits per heavy atom. The van der Waals surface area contributed by atoms with Gasteiger partial charge < -0.3 is 4.74 Å². The van der Waals surface area contributed by atoms with Crippen LogP contribution < -0.4 is 10.6 Å². The summed E-state index contributed by atoms with van der Waals surface area (Å²) in [6, 6.07) is 36.0. The zero-order valence-electron chi connectivity index (χ0n) is 31.7. The van der Waals surface area contributed by atoms with Gasteiger partial charge in [-0.05, 0) is 24.5 Å². The Morgan fingerprint density at radius 1 is 0.537 bits per heavy atom. The fourth-order valence-corrected chi connectivity index (χ4v) is 13.9. The van der Waals surface area contributed by atoms with Gasteiger partial charge in [-0.15, -0.1) is 0 Å². The van der Waals surface area contributed by atoms with Crippen LogP contribution in [0.5, 0.6) is 0 Å². The Morgan fingerprint density at radius 3 is 1.48 bits per heavy atom. The first-order chi connectivity index (χ1) is 26.6. The molecule has 2 N–H and O–H groups in total. The maximum absolute atomic E-state index is 12.8. The van der Waals surface area contributed by atoms with E-state index in [2.05, 4.69) is 39.8 Å². The summed E-state index contributed by atoms with van der Waals surface area (Å²) in [5, 5.41) is 5.98. The van der Waals surface area contributed by atoms with Gasteiger partial charge in [-0.3, -0.25) is 5.32 Å². The number of ether oxygens (including phenoxy) is 2. The summed E-state index contributed by atoms with van der Waals surface area (Å²) in [6.45, 7) is 3.14. The minimum absolute atomic E-state index is 0.0230. The number of carbonyl (C=O) groups excluding carboxylic acids is 2. The van der Waals surface area contributed by atoms with Gasteiger partial charge in [0.25, 0.3) is 0 Å². The standard InChI is InChI=1S/C46H58IN3O4/c51-45(48-43-25-15-13-23-41(43)37-19-9-7-10-20-37)53-39-27-32-47(33-28-39)31-17-5-3-1-2-4-6-18-34-50-35-29-40(30-36-50)54-46(52)49-44-26-16-14-24-42(44)38-21-11-8-12-22-38/h7-16,19-26,39-40H,1-6,17-18,27-36H2,(H,48,51)(H,49,52). The van der Waals surface area contributed by atoms with Gasteiger partial charge in [0.15, 0.2) is 0 Å². The monoisotopic (exact) mass is 843 g/mol. The van der Waals surface area contributed by atoms with Gasteiger partial charge in [-0.2, -0.15) is 0 Å². The zero-order chi connectivity index (χ0) is 37.2. The molecule has 2 aliphatic heterocycles. The average molecular weight is 844 g/mol. The van der Waals surface area contributed by atoms with Crippen LogP contribution in [0.25, 0.3) is 22.3 Å². The van der Waals surface area contributed by atoms with Crippen molar-refractivity contribution in [3.05, 3.63) is 109 Å². The van der Waals surface area contributed by atoms with E-state index in [-0.39, 0.29) is 24.4 Å². The van der Waals surface area contributed by atoms with Crippen molar-refractivity contribution in [2.75, 3.05) is 43.6 Å². The molecule has 4 aromatic carbocycles. The molecular formula is C46H58IN3O4. The van der Waals surface area contributed by atoms with Crippen molar-refractivity contribution >= 4 is 43.4 Å². The second kappa shape index (κ2) is 21.9. The SMILES string of the molecule is O=C(Nc1ccccc1-c1ccccc1)OC1CCN(CCCCCCCCCCI2CCC(OC(=O)Nc3ccccc3-c3ccccc3)CC2)CC1. The van der Waals surface area contributed by atoms with Gasteiger partial charge in [0.05, 0.1) is 5.69 Å². The molecule has 2 heterocycles. The molecule has 8 heteroatoms. The van der Waals surface area contributed by atoms with E-state index in [4.69, 9.17) is 9.47 Å². The molecule has 4 aromatic rings. The van der Waals surface area contributed by atoms with Crippen LogP contribution >= 0.6 is 19.8 Å². The third-order valence-corrected chi connectivity index (χ3v) is 17.2. The first kappa shape index (κ1) is 39.8. The molecule has 0 spiro atoms. The molecule has 7 nitrogen and oxygen atoms in total. The van der Waals surface area contributed by atoms with Gasteiger partial charge in [0.1, 0.15) is 6.10 Å². The summed E-state index contributed by atoms with van der Waals surface area (Å²) < 4.78 is 15.8. The number of nitrogens with zero attached hydrogens (tertiary/aromatic N) is 1. The Hall–Kier alpha value is -3.89. The van der Waals surface area contributed by atoms with Gasteiger partial charge in [-0.1, -0.05) is 48.5 Å². The minimum atomic E-state index is -0.887. The number of nitrogens with one attached hydrogen (secondary N) is 2. The Labute approximate surface area is 330 Å². The molecule has 6 rings (SSSR count). The van der Waals surface area contributed by atoms with Crippen molar-refractivity contribution in [2.24, 2.45) is 0 Å². The second-order valence-corrected chi connectivity index (χ2v) is 21.1. The Balaban J connectivity index is 0.743. The number of benzene rings is 4. The summed E-state index contributed by atoms with van der Waals surface area (Å²) >= 11 is -0.887. The summed E-state index contributed by atoms with van der Waals surface area (Å²) in [6.07, 6.45) is 13.9. The molecule has 288 valence electrons. The Bertz CT molecular complexity index is 1580. The first-order valence-corrected chi connectivity index (χ1v) is 24.7. The number of piperidine rings is 1. The van der Waals surface area contributed by atoms with Crippen LogP contribution in [0.15, 0.2) is 109 Å². The van der Waals surface area contributed by atoms with Crippen LogP contribution in [0.2, 0.25) is 0 Å². The number of rotatable bonds is 17. The van der Waals surface area contributed by atoms with Crippen LogP contribution in [0, 0.1) is 0 Å². The number of para-hydroxylation sites is 2. The van der Waals surface area contributed by atoms with Crippen molar-refractivity contribution < 1.29 is 19.1 Å². The zero-order valence-corrected chi connectivity index (χ0v) is 33.9. The smallest absolute Gasteiger partial charge is 0.00281 e. The normalized spacial score (nSPS) is 16.1. The fraction of sp³-hybridized carbons (Fsp3) is 0.435. The molecule has 0 radical (unpaired) electrons. The number of alkyl halides is 3. The molecule has 2 amide bonds. The van der Waals surface area contributed by atoms with Crippen molar-refractivity contribution in [3.63, 3.8) is 0 Å². The number of hydrogen-bond acceptors (Lipinski definition) is 5. The number of hydrogen-bond donors (Lipinski definition) is 2.